The Kier molecular flexibility index (Phi) is 6.09. The number of esters is 1. The number of carbonyl (C=O) groups excluding carboxylic acids is 2. The Labute approximate surface area is 188 Å². The highest BCUT2D eigenvalue weighted by atomic mass is 35.5. The van der Waals surface area contributed by atoms with E-state index in [0.717, 1.165) is 24.8 Å². The third-order valence-corrected chi connectivity index (χ3v) is 7.35. The van der Waals surface area contributed by atoms with Gasteiger partial charge in [-0.1, -0.05) is 48.9 Å². The van der Waals surface area contributed by atoms with E-state index in [4.69, 9.17) is 22.1 Å². The molecule has 0 spiro atoms. The van der Waals surface area contributed by atoms with Crippen LogP contribution in [0.5, 0.6) is 0 Å². The molecular weight excluding hydrogens is 412 g/mol. The minimum Gasteiger partial charge on any atom is -0.468 e. The summed E-state index contributed by atoms with van der Waals surface area (Å²) < 4.78 is 5.11. The zero-order chi connectivity index (χ0) is 22.2. The highest BCUT2D eigenvalue weighted by Gasteiger charge is 2.65. The lowest BCUT2D eigenvalue weighted by atomic mass is 9.75. The van der Waals surface area contributed by atoms with Crippen LogP contribution in [0.4, 0.5) is 0 Å². The first-order chi connectivity index (χ1) is 14.9. The fourth-order valence-corrected chi connectivity index (χ4v) is 5.76. The molecule has 1 amide bonds. The largest absolute Gasteiger partial charge is 0.468 e. The van der Waals surface area contributed by atoms with Crippen LogP contribution in [0, 0.1) is 17.8 Å². The number of nitrogens with one attached hydrogen (secondary N) is 1. The van der Waals surface area contributed by atoms with Crippen LogP contribution in [-0.4, -0.2) is 30.6 Å². The van der Waals surface area contributed by atoms with Gasteiger partial charge in [0.1, 0.15) is 0 Å². The molecule has 0 radical (unpaired) electrons. The molecule has 0 aliphatic heterocycles. The monoisotopic (exact) mass is 440 g/mol. The lowest BCUT2D eigenvalue weighted by Gasteiger charge is -2.35. The summed E-state index contributed by atoms with van der Waals surface area (Å²) in [5.74, 6) is 0.384. The van der Waals surface area contributed by atoms with Crippen LogP contribution in [0.3, 0.4) is 0 Å². The Morgan fingerprint density at radius 3 is 2.29 bits per heavy atom. The van der Waals surface area contributed by atoms with Gasteiger partial charge in [0, 0.05) is 22.2 Å². The van der Waals surface area contributed by atoms with Gasteiger partial charge in [-0.2, -0.15) is 0 Å². The van der Waals surface area contributed by atoms with Crippen molar-refractivity contribution in [3.63, 3.8) is 0 Å². The predicted molar refractivity (Wildman–Crippen MR) is 121 cm³/mol. The third kappa shape index (κ3) is 4.21. The molecule has 2 aromatic rings. The second-order valence-electron chi connectivity index (χ2n) is 8.91. The van der Waals surface area contributed by atoms with E-state index in [9.17, 15) is 9.59 Å². The first-order valence-corrected chi connectivity index (χ1v) is 11.2. The van der Waals surface area contributed by atoms with Gasteiger partial charge < -0.3 is 15.8 Å². The zero-order valence-electron chi connectivity index (χ0n) is 17.9. The zero-order valence-corrected chi connectivity index (χ0v) is 18.6. The van der Waals surface area contributed by atoms with Gasteiger partial charge in [0.25, 0.3) is 5.91 Å². The first-order valence-electron chi connectivity index (χ1n) is 10.9. The molecule has 0 saturated heterocycles. The molecule has 3 N–H and O–H groups in total. The molecule has 2 unspecified atom stereocenters. The summed E-state index contributed by atoms with van der Waals surface area (Å²) in [4.78, 5) is 25.3. The van der Waals surface area contributed by atoms with Crippen LogP contribution in [0.25, 0.3) is 0 Å². The smallest absolute Gasteiger partial charge is 0.315 e. The molecule has 2 aliphatic rings. The predicted octanol–water partition coefficient (Wildman–Crippen LogP) is 4.16. The standard InChI is InChI=1S/C25H29ClN2O3/c1-3-20(28-23(29)16-9-11-17(26)12-10-16)21-18-13-25(27,14-19(18)21)22(24(30)31-2)15-7-5-4-6-8-15/h4-12,18-22H,3,13-14,27H2,1-2H3,(H,28,29)/t18-,19+,20-,21?,22+,25?/m1/s1. The maximum atomic E-state index is 12.7. The molecule has 6 atom stereocenters. The third-order valence-electron chi connectivity index (χ3n) is 7.10. The van der Waals surface area contributed by atoms with Gasteiger partial charge >= 0.3 is 5.97 Å². The van der Waals surface area contributed by atoms with Crippen molar-refractivity contribution in [2.45, 2.75) is 43.7 Å². The van der Waals surface area contributed by atoms with Crippen LogP contribution in [0.15, 0.2) is 54.6 Å². The minimum absolute atomic E-state index is 0.0794. The van der Waals surface area contributed by atoms with Crippen LogP contribution in [0.2, 0.25) is 5.02 Å². The van der Waals surface area contributed by atoms with Gasteiger partial charge in [-0.05, 0) is 66.8 Å². The van der Waals surface area contributed by atoms with Crippen molar-refractivity contribution in [2.24, 2.45) is 23.5 Å². The molecule has 2 saturated carbocycles. The molecule has 2 fully saturated rings. The maximum absolute atomic E-state index is 12.7. The average Bonchev–Trinajstić information content (AvgIpc) is 3.29. The topological polar surface area (TPSA) is 81.4 Å². The second kappa shape index (κ2) is 8.64. The van der Waals surface area contributed by atoms with Gasteiger partial charge in [0.2, 0.25) is 0 Å². The molecule has 2 aliphatic carbocycles. The molecule has 2 aromatic carbocycles. The number of amides is 1. The van der Waals surface area contributed by atoms with Crippen molar-refractivity contribution < 1.29 is 14.3 Å². The number of methoxy groups -OCH3 is 1. The maximum Gasteiger partial charge on any atom is 0.315 e. The summed E-state index contributed by atoms with van der Waals surface area (Å²) in [5, 5.41) is 3.81. The van der Waals surface area contributed by atoms with Gasteiger partial charge in [0.05, 0.1) is 13.0 Å². The van der Waals surface area contributed by atoms with Gasteiger partial charge in [-0.25, -0.2) is 0 Å². The van der Waals surface area contributed by atoms with Crippen LogP contribution < -0.4 is 11.1 Å². The molecule has 0 aromatic heterocycles. The van der Waals surface area contributed by atoms with Gasteiger partial charge in [0.15, 0.2) is 0 Å². The number of carbonyl (C=O) groups is 2. The van der Waals surface area contributed by atoms with Crippen molar-refractivity contribution in [3.05, 3.63) is 70.7 Å². The summed E-state index contributed by atoms with van der Waals surface area (Å²) >= 11 is 5.93. The van der Waals surface area contributed by atoms with Crippen molar-refractivity contribution >= 4 is 23.5 Å². The van der Waals surface area contributed by atoms with Gasteiger partial charge in [-0.3, -0.25) is 9.59 Å². The summed E-state index contributed by atoms with van der Waals surface area (Å²) in [6.07, 6.45) is 2.36. The number of fused-ring (bicyclic) bond motifs is 1. The lowest BCUT2D eigenvalue weighted by molar-refractivity contribution is -0.144. The van der Waals surface area contributed by atoms with E-state index in [1.54, 1.807) is 24.3 Å². The minimum atomic E-state index is -0.626. The molecule has 6 heteroatoms. The number of nitrogens with two attached hydrogens (primary N) is 1. The van der Waals surface area contributed by atoms with E-state index >= 15 is 0 Å². The number of halogens is 1. The Morgan fingerprint density at radius 2 is 1.74 bits per heavy atom. The van der Waals surface area contributed by atoms with E-state index < -0.39 is 11.5 Å². The van der Waals surface area contributed by atoms with E-state index in [-0.39, 0.29) is 17.9 Å². The molecular formula is C25H29ClN2O3. The van der Waals surface area contributed by atoms with E-state index in [1.165, 1.54) is 7.11 Å². The fraction of sp³-hybridized carbons (Fsp3) is 0.440. The molecule has 0 heterocycles. The number of hydrogen-bond donors (Lipinski definition) is 2. The van der Waals surface area contributed by atoms with Crippen molar-refractivity contribution in [3.8, 4) is 0 Å². The van der Waals surface area contributed by atoms with Crippen LogP contribution in [0.1, 0.15) is 48.0 Å². The summed E-state index contributed by atoms with van der Waals surface area (Å²) in [7, 11) is 1.42. The summed E-state index contributed by atoms with van der Waals surface area (Å²) in [5.41, 5.74) is 7.72. The number of rotatable bonds is 7. The highest BCUT2D eigenvalue weighted by Crippen LogP contribution is 2.64. The quantitative estimate of drug-likeness (QED) is 0.633. The first kappa shape index (κ1) is 21.8. The Bertz CT molecular complexity index is 935. The Hall–Kier alpha value is -2.37. The number of hydrogen-bond acceptors (Lipinski definition) is 4. The number of benzene rings is 2. The van der Waals surface area contributed by atoms with Crippen molar-refractivity contribution in [2.75, 3.05) is 7.11 Å². The summed E-state index contributed by atoms with van der Waals surface area (Å²) in [6, 6.07) is 16.7. The van der Waals surface area contributed by atoms with Crippen molar-refractivity contribution in [1.82, 2.24) is 5.32 Å². The van der Waals surface area contributed by atoms with Crippen molar-refractivity contribution in [1.29, 1.82) is 0 Å². The fourth-order valence-electron chi connectivity index (χ4n) is 5.63. The van der Waals surface area contributed by atoms with E-state index in [0.29, 0.717) is 28.3 Å². The normalized spacial score (nSPS) is 28.3. The number of ether oxygens (including phenoxy) is 1. The van der Waals surface area contributed by atoms with Crippen LogP contribution in [-0.2, 0) is 9.53 Å². The van der Waals surface area contributed by atoms with Gasteiger partial charge in [-0.15, -0.1) is 0 Å². The van der Waals surface area contributed by atoms with Crippen LogP contribution >= 0.6 is 11.6 Å². The average molecular weight is 441 g/mol. The molecule has 164 valence electrons. The molecule has 5 nitrogen and oxygen atoms in total. The Morgan fingerprint density at radius 1 is 1.13 bits per heavy atom. The highest BCUT2D eigenvalue weighted by molar-refractivity contribution is 6.30. The Balaban J connectivity index is 1.45. The lowest BCUT2D eigenvalue weighted by Crippen LogP contribution is -2.49. The summed E-state index contributed by atoms with van der Waals surface area (Å²) in [6.45, 7) is 2.10. The molecule has 0 bridgehead atoms. The van der Waals surface area contributed by atoms with E-state index in [1.807, 2.05) is 30.3 Å². The second-order valence-corrected chi connectivity index (χ2v) is 9.34. The molecule has 31 heavy (non-hydrogen) atoms. The van der Waals surface area contributed by atoms with E-state index in [2.05, 4.69) is 12.2 Å². The SMILES string of the molecule is CC[C@@H](NC(=O)c1ccc(Cl)cc1)C1[C@H]2CC(N)([C@H](C(=O)OC)c3ccccc3)C[C@@H]12. The molecule has 4 rings (SSSR count).